The minimum absolute atomic E-state index is 0.267. The predicted molar refractivity (Wildman–Crippen MR) is 73.0 cm³/mol. The van der Waals surface area contributed by atoms with Crippen LogP contribution in [0.5, 0.6) is 0 Å². The van der Waals surface area contributed by atoms with Gasteiger partial charge < -0.3 is 0 Å². The first-order valence-corrected chi connectivity index (χ1v) is 7.19. The molecule has 0 nitrogen and oxygen atoms in total. The molecule has 2 aliphatic carbocycles. The molecule has 1 aromatic rings. The van der Waals surface area contributed by atoms with Crippen molar-refractivity contribution in [3.8, 4) is 0 Å². The fraction of sp³-hybridized carbons (Fsp3) is 0.529. The van der Waals surface area contributed by atoms with Crippen molar-refractivity contribution >= 4 is 0 Å². The zero-order chi connectivity index (χ0) is 13.6. The number of hydrogen-bond acceptors (Lipinski definition) is 0. The fourth-order valence-electron chi connectivity index (χ4n) is 3.76. The molecule has 0 heterocycles. The van der Waals surface area contributed by atoms with E-state index in [1.165, 1.54) is 18.1 Å². The van der Waals surface area contributed by atoms with Crippen LogP contribution in [0.25, 0.3) is 0 Å². The molecule has 3 rings (SSSR count). The van der Waals surface area contributed by atoms with Crippen LogP contribution in [-0.4, -0.2) is 0 Å². The van der Waals surface area contributed by atoms with Gasteiger partial charge in [-0.2, -0.15) is 0 Å². The maximum atomic E-state index is 14.0. The van der Waals surface area contributed by atoms with Gasteiger partial charge in [0.1, 0.15) is 11.6 Å². The maximum absolute atomic E-state index is 14.0. The molecule has 0 N–H and O–H groups in total. The van der Waals surface area contributed by atoms with E-state index in [-0.39, 0.29) is 11.7 Å². The number of hydrogen-bond donors (Lipinski definition) is 0. The van der Waals surface area contributed by atoms with Gasteiger partial charge in [0.25, 0.3) is 0 Å². The molecule has 2 fully saturated rings. The molecule has 1 unspecified atom stereocenters. The molecule has 0 aliphatic heterocycles. The van der Waals surface area contributed by atoms with E-state index in [2.05, 4.69) is 6.58 Å². The highest BCUT2D eigenvalue weighted by Gasteiger charge is 2.38. The number of halogens is 2. The Morgan fingerprint density at radius 3 is 2.26 bits per heavy atom. The van der Waals surface area contributed by atoms with Crippen molar-refractivity contribution < 1.29 is 8.78 Å². The highest BCUT2D eigenvalue weighted by Crippen LogP contribution is 2.50. The summed E-state index contributed by atoms with van der Waals surface area (Å²) in [7, 11) is 0. The van der Waals surface area contributed by atoms with Crippen molar-refractivity contribution in [2.45, 2.75) is 44.9 Å². The zero-order valence-electron chi connectivity index (χ0n) is 11.4. The average molecular weight is 262 g/mol. The zero-order valence-corrected chi connectivity index (χ0v) is 11.4. The number of allylic oxidation sites excluding steroid dienone is 1. The molecule has 0 spiro atoms. The van der Waals surface area contributed by atoms with Crippen molar-refractivity contribution in [1.82, 2.24) is 0 Å². The Morgan fingerprint density at radius 1 is 1.11 bits per heavy atom. The smallest absolute Gasteiger partial charge is 0.129 e. The maximum Gasteiger partial charge on any atom is 0.129 e. The highest BCUT2D eigenvalue weighted by atomic mass is 19.1. The molecule has 1 atom stereocenters. The van der Waals surface area contributed by atoms with Crippen molar-refractivity contribution in [3.05, 3.63) is 47.0 Å². The third kappa shape index (κ3) is 2.45. The molecule has 19 heavy (non-hydrogen) atoms. The minimum Gasteiger partial charge on any atom is -0.207 e. The van der Waals surface area contributed by atoms with Gasteiger partial charge in [-0.3, -0.25) is 0 Å². The molecule has 102 valence electrons. The lowest BCUT2D eigenvalue weighted by molar-refractivity contribution is 0.297. The summed E-state index contributed by atoms with van der Waals surface area (Å²) >= 11 is 0. The van der Waals surface area contributed by atoms with Crippen molar-refractivity contribution in [2.75, 3.05) is 0 Å². The summed E-state index contributed by atoms with van der Waals surface area (Å²) in [5.74, 6) is 0.926. The molecule has 0 saturated heterocycles. The third-order valence-corrected chi connectivity index (χ3v) is 4.90. The molecule has 1 aromatic carbocycles. The SMILES string of the molecule is C=C1CC1C1CCC(c2c(C)cc(F)cc2F)CC1. The molecule has 2 saturated carbocycles. The van der Waals surface area contributed by atoms with Crippen molar-refractivity contribution in [3.63, 3.8) is 0 Å². The Kier molecular flexibility index (Phi) is 3.20. The van der Waals surface area contributed by atoms with Crippen LogP contribution in [0.2, 0.25) is 0 Å². The van der Waals surface area contributed by atoms with Gasteiger partial charge in [0.2, 0.25) is 0 Å². The fourth-order valence-corrected chi connectivity index (χ4v) is 3.76. The van der Waals surface area contributed by atoms with Gasteiger partial charge in [-0.05, 0) is 74.0 Å². The molecular formula is C17H20F2. The lowest BCUT2D eigenvalue weighted by Gasteiger charge is -2.29. The monoisotopic (exact) mass is 262 g/mol. The summed E-state index contributed by atoms with van der Waals surface area (Å²) in [6, 6.07) is 2.48. The normalized spacial score (nSPS) is 30.5. The number of aryl methyl sites for hydroxylation is 1. The van der Waals surface area contributed by atoms with E-state index in [0.29, 0.717) is 0 Å². The summed E-state index contributed by atoms with van der Waals surface area (Å²) in [6.07, 6.45) is 5.56. The summed E-state index contributed by atoms with van der Waals surface area (Å²) in [5.41, 5.74) is 2.90. The van der Waals surface area contributed by atoms with Crippen LogP contribution < -0.4 is 0 Å². The van der Waals surface area contributed by atoms with E-state index in [4.69, 9.17) is 0 Å². The Balaban J connectivity index is 1.73. The van der Waals surface area contributed by atoms with Gasteiger partial charge in [0, 0.05) is 6.07 Å². The van der Waals surface area contributed by atoms with Gasteiger partial charge in [-0.1, -0.05) is 12.2 Å². The van der Waals surface area contributed by atoms with E-state index < -0.39 is 5.82 Å². The van der Waals surface area contributed by atoms with E-state index in [1.807, 2.05) is 6.92 Å². The van der Waals surface area contributed by atoms with Gasteiger partial charge in [0.05, 0.1) is 0 Å². The Hall–Kier alpha value is -1.18. The van der Waals surface area contributed by atoms with Gasteiger partial charge in [-0.25, -0.2) is 8.78 Å². The first-order valence-electron chi connectivity index (χ1n) is 7.19. The largest absolute Gasteiger partial charge is 0.207 e. The van der Waals surface area contributed by atoms with Gasteiger partial charge in [-0.15, -0.1) is 0 Å². The second kappa shape index (κ2) is 4.73. The Bertz CT molecular complexity index is 487. The number of rotatable bonds is 2. The first-order chi connectivity index (χ1) is 9.06. The summed E-state index contributed by atoms with van der Waals surface area (Å²) < 4.78 is 27.1. The van der Waals surface area contributed by atoms with E-state index in [1.54, 1.807) is 0 Å². The summed E-state index contributed by atoms with van der Waals surface area (Å²) in [4.78, 5) is 0. The third-order valence-electron chi connectivity index (χ3n) is 4.90. The average Bonchev–Trinajstić information content (AvgIpc) is 3.06. The van der Waals surface area contributed by atoms with Crippen LogP contribution in [0.1, 0.15) is 49.1 Å². The van der Waals surface area contributed by atoms with Crippen LogP contribution in [0.15, 0.2) is 24.3 Å². The summed E-state index contributed by atoms with van der Waals surface area (Å²) in [6.45, 7) is 5.85. The Morgan fingerprint density at radius 2 is 1.74 bits per heavy atom. The molecule has 2 heteroatoms. The van der Waals surface area contributed by atoms with E-state index >= 15 is 0 Å². The van der Waals surface area contributed by atoms with Crippen molar-refractivity contribution in [1.29, 1.82) is 0 Å². The topological polar surface area (TPSA) is 0 Å². The first kappa shape index (κ1) is 12.8. The van der Waals surface area contributed by atoms with Crippen LogP contribution in [0.4, 0.5) is 8.78 Å². The molecular weight excluding hydrogens is 242 g/mol. The lowest BCUT2D eigenvalue weighted by atomic mass is 9.75. The number of benzene rings is 1. The molecule has 0 bridgehead atoms. The molecule has 0 amide bonds. The van der Waals surface area contributed by atoms with Gasteiger partial charge >= 0.3 is 0 Å². The lowest BCUT2D eigenvalue weighted by Crippen LogP contribution is -2.16. The molecule has 0 aromatic heterocycles. The van der Waals surface area contributed by atoms with Crippen LogP contribution in [0, 0.1) is 30.4 Å². The molecule has 2 aliphatic rings. The predicted octanol–water partition coefficient (Wildman–Crippen LogP) is 5.12. The van der Waals surface area contributed by atoms with E-state index in [0.717, 1.165) is 54.7 Å². The standard InChI is InChI=1S/C17H20F2/c1-10-8-15(10)12-3-5-13(6-4-12)17-11(2)7-14(18)9-16(17)19/h7,9,12-13,15H,1,3-6,8H2,2H3. The second-order valence-electron chi connectivity index (χ2n) is 6.20. The Labute approximate surface area is 113 Å². The second-order valence-corrected chi connectivity index (χ2v) is 6.20. The van der Waals surface area contributed by atoms with Crippen LogP contribution in [0.3, 0.4) is 0 Å². The van der Waals surface area contributed by atoms with Gasteiger partial charge in [0.15, 0.2) is 0 Å². The van der Waals surface area contributed by atoms with Crippen LogP contribution in [-0.2, 0) is 0 Å². The molecule has 0 radical (unpaired) electrons. The van der Waals surface area contributed by atoms with Crippen molar-refractivity contribution in [2.24, 2.45) is 11.8 Å². The minimum atomic E-state index is -0.471. The highest BCUT2D eigenvalue weighted by molar-refractivity contribution is 5.32. The van der Waals surface area contributed by atoms with E-state index in [9.17, 15) is 8.78 Å². The quantitative estimate of drug-likeness (QED) is 0.649. The van der Waals surface area contributed by atoms with Crippen LogP contribution >= 0.6 is 0 Å². The summed E-state index contributed by atoms with van der Waals surface area (Å²) in [5, 5.41) is 0.